The number of carbonyl (C=O) groups is 2. The first-order valence-electron chi connectivity index (χ1n) is 7.40. The van der Waals surface area contributed by atoms with E-state index in [2.05, 4.69) is 4.90 Å². The van der Waals surface area contributed by atoms with E-state index in [1.165, 1.54) is 4.90 Å². The lowest BCUT2D eigenvalue weighted by Gasteiger charge is -2.19. The minimum absolute atomic E-state index is 0.0761. The van der Waals surface area contributed by atoms with Gasteiger partial charge in [0.05, 0.1) is 31.1 Å². The van der Waals surface area contributed by atoms with Gasteiger partial charge in [-0.25, -0.2) is 0 Å². The number of rotatable bonds is 4. The van der Waals surface area contributed by atoms with Crippen LogP contribution in [0.5, 0.6) is 11.5 Å². The fraction of sp³-hybridized carbons (Fsp3) is 0.500. The quantitative estimate of drug-likeness (QED) is 0.777. The predicted molar refractivity (Wildman–Crippen MR) is 84.6 cm³/mol. The molecular weight excluding hydrogens is 320 g/mol. The lowest BCUT2D eigenvalue weighted by molar-refractivity contribution is -0.138. The second kappa shape index (κ2) is 6.02. The fourth-order valence-electron chi connectivity index (χ4n) is 3.44. The van der Waals surface area contributed by atoms with E-state index in [4.69, 9.17) is 21.1 Å². The van der Waals surface area contributed by atoms with E-state index in [0.29, 0.717) is 36.2 Å². The molecule has 2 amide bonds. The third-order valence-electron chi connectivity index (χ3n) is 4.59. The molecule has 3 rings (SSSR count). The fourth-order valence-corrected chi connectivity index (χ4v) is 3.75. The van der Waals surface area contributed by atoms with E-state index < -0.39 is 0 Å². The average Bonchev–Trinajstić information content (AvgIpc) is 3.02. The summed E-state index contributed by atoms with van der Waals surface area (Å²) in [5, 5.41) is 0.480. The number of imide groups is 1. The van der Waals surface area contributed by atoms with E-state index in [1.54, 1.807) is 21.3 Å². The molecule has 1 aromatic carbocycles. The number of nitrogens with zero attached hydrogens (tertiary/aromatic N) is 2. The summed E-state index contributed by atoms with van der Waals surface area (Å²) >= 11 is 6.22. The van der Waals surface area contributed by atoms with Gasteiger partial charge < -0.3 is 9.47 Å². The van der Waals surface area contributed by atoms with Gasteiger partial charge >= 0.3 is 0 Å². The topological polar surface area (TPSA) is 59.1 Å². The molecule has 23 heavy (non-hydrogen) atoms. The van der Waals surface area contributed by atoms with Crippen molar-refractivity contribution in [2.45, 2.75) is 6.54 Å². The summed E-state index contributed by atoms with van der Waals surface area (Å²) < 4.78 is 10.5. The number of hydrogen-bond donors (Lipinski definition) is 0. The van der Waals surface area contributed by atoms with Gasteiger partial charge in [0, 0.05) is 26.7 Å². The summed E-state index contributed by atoms with van der Waals surface area (Å²) in [5.74, 6) is 0.483. The first-order valence-corrected chi connectivity index (χ1v) is 7.78. The zero-order valence-electron chi connectivity index (χ0n) is 13.3. The number of hydrogen-bond acceptors (Lipinski definition) is 5. The van der Waals surface area contributed by atoms with Crippen molar-refractivity contribution in [2.24, 2.45) is 11.8 Å². The Labute approximate surface area is 139 Å². The van der Waals surface area contributed by atoms with Crippen LogP contribution >= 0.6 is 11.6 Å². The highest BCUT2D eigenvalue weighted by molar-refractivity contribution is 6.32. The first-order chi connectivity index (χ1) is 11.0. The second-order valence-corrected chi connectivity index (χ2v) is 6.36. The van der Waals surface area contributed by atoms with Crippen LogP contribution in [0.25, 0.3) is 0 Å². The third-order valence-corrected chi connectivity index (χ3v) is 4.87. The number of ether oxygens (including phenoxy) is 2. The number of likely N-dealkylation sites (tertiary alicyclic amines) is 2. The minimum atomic E-state index is -0.219. The zero-order chi connectivity index (χ0) is 16.7. The van der Waals surface area contributed by atoms with Gasteiger partial charge in [0.1, 0.15) is 0 Å². The number of amides is 2. The molecule has 0 radical (unpaired) electrons. The number of methoxy groups -OCH3 is 2. The molecule has 0 aliphatic carbocycles. The highest BCUT2D eigenvalue weighted by Crippen LogP contribution is 2.38. The molecule has 2 aliphatic heterocycles. The van der Waals surface area contributed by atoms with Crippen molar-refractivity contribution in [1.29, 1.82) is 0 Å². The molecule has 2 unspecified atom stereocenters. The Morgan fingerprint density at radius 2 is 1.74 bits per heavy atom. The molecule has 2 saturated heterocycles. The molecule has 0 N–H and O–H groups in total. The Morgan fingerprint density at radius 1 is 1.13 bits per heavy atom. The Morgan fingerprint density at radius 3 is 2.26 bits per heavy atom. The molecule has 0 spiro atoms. The summed E-state index contributed by atoms with van der Waals surface area (Å²) in [5.41, 5.74) is 0.959. The van der Waals surface area contributed by atoms with Crippen molar-refractivity contribution in [1.82, 2.24) is 9.80 Å². The molecule has 7 heteroatoms. The Hall–Kier alpha value is -1.79. The van der Waals surface area contributed by atoms with E-state index in [1.807, 2.05) is 12.1 Å². The van der Waals surface area contributed by atoms with Crippen LogP contribution in [0.1, 0.15) is 5.56 Å². The Kier molecular flexibility index (Phi) is 4.21. The molecule has 2 aliphatic rings. The van der Waals surface area contributed by atoms with Crippen LogP contribution in [0.15, 0.2) is 12.1 Å². The standard InChI is InChI=1S/C16H19ClN2O4/c1-18-15(20)10-7-19(8-11(10)16(18)21)6-9-4-12(17)14(23-3)13(5-9)22-2/h4-5,10-11H,6-8H2,1-3H3. The molecule has 0 saturated carbocycles. The van der Waals surface area contributed by atoms with Crippen LogP contribution in [0.2, 0.25) is 5.02 Å². The van der Waals surface area contributed by atoms with Crippen molar-refractivity contribution < 1.29 is 19.1 Å². The Balaban J connectivity index is 1.76. The summed E-state index contributed by atoms with van der Waals surface area (Å²) in [4.78, 5) is 27.5. The van der Waals surface area contributed by atoms with Crippen LogP contribution in [-0.4, -0.2) is 56.0 Å². The molecule has 124 valence electrons. The molecule has 2 heterocycles. The van der Waals surface area contributed by atoms with E-state index in [-0.39, 0.29) is 23.7 Å². The van der Waals surface area contributed by atoms with Crippen LogP contribution in [0, 0.1) is 11.8 Å². The Bertz CT molecular complexity index is 640. The number of fused-ring (bicyclic) bond motifs is 1. The van der Waals surface area contributed by atoms with Gasteiger partial charge in [-0.2, -0.15) is 0 Å². The van der Waals surface area contributed by atoms with Crippen LogP contribution in [-0.2, 0) is 16.1 Å². The monoisotopic (exact) mass is 338 g/mol. The highest BCUT2D eigenvalue weighted by Gasteiger charge is 2.50. The van der Waals surface area contributed by atoms with Crippen molar-refractivity contribution in [3.63, 3.8) is 0 Å². The maximum Gasteiger partial charge on any atom is 0.234 e. The van der Waals surface area contributed by atoms with Gasteiger partial charge in [-0.1, -0.05) is 11.6 Å². The number of benzene rings is 1. The van der Waals surface area contributed by atoms with Crippen LogP contribution in [0.3, 0.4) is 0 Å². The van der Waals surface area contributed by atoms with Crippen molar-refractivity contribution in [2.75, 3.05) is 34.4 Å². The van der Waals surface area contributed by atoms with E-state index in [0.717, 1.165) is 5.56 Å². The van der Waals surface area contributed by atoms with Gasteiger partial charge in [0.2, 0.25) is 11.8 Å². The van der Waals surface area contributed by atoms with Crippen LogP contribution < -0.4 is 9.47 Å². The SMILES string of the molecule is COc1cc(CN2CC3C(=O)N(C)C(=O)C3C2)cc(Cl)c1OC. The molecule has 2 atom stereocenters. The highest BCUT2D eigenvalue weighted by atomic mass is 35.5. The summed E-state index contributed by atoms with van der Waals surface area (Å²) in [6.45, 7) is 1.79. The number of carbonyl (C=O) groups excluding carboxylic acids is 2. The van der Waals surface area contributed by atoms with Crippen molar-refractivity contribution in [3.05, 3.63) is 22.7 Å². The smallest absolute Gasteiger partial charge is 0.234 e. The molecular formula is C16H19ClN2O4. The molecule has 1 aromatic rings. The summed E-state index contributed by atoms with van der Waals surface area (Å²) in [7, 11) is 4.66. The summed E-state index contributed by atoms with van der Waals surface area (Å²) in [6, 6.07) is 3.70. The van der Waals surface area contributed by atoms with Gasteiger partial charge in [0.15, 0.2) is 11.5 Å². The van der Waals surface area contributed by atoms with Crippen molar-refractivity contribution in [3.8, 4) is 11.5 Å². The first kappa shape index (κ1) is 16.1. The second-order valence-electron chi connectivity index (χ2n) is 5.96. The van der Waals surface area contributed by atoms with Gasteiger partial charge in [-0.05, 0) is 17.7 Å². The minimum Gasteiger partial charge on any atom is -0.493 e. The van der Waals surface area contributed by atoms with E-state index in [9.17, 15) is 9.59 Å². The predicted octanol–water partition coefficient (Wildman–Crippen LogP) is 1.40. The third kappa shape index (κ3) is 2.66. The lowest BCUT2D eigenvalue weighted by Crippen LogP contribution is -2.32. The molecule has 6 nitrogen and oxygen atoms in total. The summed E-state index contributed by atoms with van der Waals surface area (Å²) in [6.07, 6.45) is 0. The lowest BCUT2D eigenvalue weighted by atomic mass is 10.00. The maximum absolute atomic E-state index is 12.1. The van der Waals surface area contributed by atoms with Gasteiger partial charge in [-0.15, -0.1) is 0 Å². The normalized spacial score (nSPS) is 24.3. The molecule has 0 aromatic heterocycles. The molecule has 0 bridgehead atoms. The largest absolute Gasteiger partial charge is 0.493 e. The number of halogens is 1. The van der Waals surface area contributed by atoms with Crippen molar-refractivity contribution >= 4 is 23.4 Å². The van der Waals surface area contributed by atoms with Gasteiger partial charge in [0.25, 0.3) is 0 Å². The van der Waals surface area contributed by atoms with Gasteiger partial charge in [-0.3, -0.25) is 19.4 Å². The maximum atomic E-state index is 12.1. The van der Waals surface area contributed by atoms with E-state index >= 15 is 0 Å². The zero-order valence-corrected chi connectivity index (χ0v) is 14.1. The average molecular weight is 339 g/mol. The van der Waals surface area contributed by atoms with Crippen LogP contribution in [0.4, 0.5) is 0 Å². The molecule has 2 fully saturated rings.